The van der Waals surface area contributed by atoms with E-state index < -0.39 is 15.7 Å². The molecule has 1 unspecified atom stereocenters. The normalized spacial score (nSPS) is 12.5. The van der Waals surface area contributed by atoms with Crippen molar-refractivity contribution in [3.8, 4) is 22.3 Å². The predicted octanol–water partition coefficient (Wildman–Crippen LogP) is 4.73. The molecule has 1 aromatic heterocycles. The molecule has 0 aliphatic heterocycles. The first-order chi connectivity index (χ1) is 15.3. The van der Waals surface area contributed by atoms with E-state index in [-0.39, 0.29) is 16.5 Å². The van der Waals surface area contributed by atoms with E-state index in [1.54, 1.807) is 18.3 Å². The van der Waals surface area contributed by atoms with Gasteiger partial charge in [-0.05, 0) is 47.9 Å². The third kappa shape index (κ3) is 4.24. The zero-order valence-electron chi connectivity index (χ0n) is 17.6. The second-order valence-corrected chi connectivity index (χ2v) is 9.59. The van der Waals surface area contributed by atoms with E-state index in [1.165, 1.54) is 41.1 Å². The van der Waals surface area contributed by atoms with Gasteiger partial charge in [0, 0.05) is 11.8 Å². The van der Waals surface area contributed by atoms with Crippen molar-refractivity contribution in [2.24, 2.45) is 0 Å². The van der Waals surface area contributed by atoms with Crippen molar-refractivity contribution >= 4 is 9.84 Å². The van der Waals surface area contributed by atoms with E-state index >= 15 is 0 Å². The van der Waals surface area contributed by atoms with Crippen molar-refractivity contribution in [1.82, 2.24) is 9.78 Å². The molecule has 0 saturated heterocycles. The van der Waals surface area contributed by atoms with E-state index in [0.29, 0.717) is 22.3 Å². The van der Waals surface area contributed by atoms with Crippen molar-refractivity contribution in [1.29, 1.82) is 0 Å². The largest absolute Gasteiger partial charge is 0.275 e. The van der Waals surface area contributed by atoms with Crippen LogP contribution in [0.5, 0.6) is 0 Å². The molecule has 0 radical (unpaired) electrons. The Morgan fingerprint density at radius 2 is 1.59 bits per heavy atom. The van der Waals surface area contributed by atoms with Crippen LogP contribution in [0.4, 0.5) is 4.39 Å². The van der Waals surface area contributed by atoms with Crippen molar-refractivity contribution in [2.45, 2.75) is 17.9 Å². The summed E-state index contributed by atoms with van der Waals surface area (Å²) in [5.74, 6) is -0.415. The predicted molar refractivity (Wildman–Crippen MR) is 123 cm³/mol. The number of aromatic nitrogens is 2. The average molecular weight is 449 g/mol. The summed E-state index contributed by atoms with van der Waals surface area (Å²) in [5.41, 5.74) is 2.43. The van der Waals surface area contributed by atoms with Crippen LogP contribution in [0, 0.1) is 5.82 Å². The van der Waals surface area contributed by atoms with Crippen molar-refractivity contribution in [3.05, 3.63) is 107 Å². The van der Waals surface area contributed by atoms with Crippen molar-refractivity contribution < 1.29 is 12.8 Å². The Labute approximate surface area is 185 Å². The van der Waals surface area contributed by atoms with Gasteiger partial charge < -0.3 is 0 Å². The molecule has 32 heavy (non-hydrogen) atoms. The molecule has 4 aromatic rings. The van der Waals surface area contributed by atoms with Crippen LogP contribution in [0.2, 0.25) is 0 Å². The zero-order valence-corrected chi connectivity index (χ0v) is 18.4. The zero-order chi connectivity index (χ0) is 22.9. The van der Waals surface area contributed by atoms with Gasteiger partial charge in [-0.2, -0.15) is 5.10 Å². The SMILES string of the molecule is CC(c1ccccc1)n1ncc(-c2cccc(S(C)(=O)=O)c2)c(-c2ccc(F)cc2)c1=O. The summed E-state index contributed by atoms with van der Waals surface area (Å²) < 4.78 is 39.1. The quantitative estimate of drug-likeness (QED) is 0.443. The summed E-state index contributed by atoms with van der Waals surface area (Å²) in [4.78, 5) is 13.8. The van der Waals surface area contributed by atoms with E-state index in [2.05, 4.69) is 5.10 Å². The lowest BCUT2D eigenvalue weighted by Crippen LogP contribution is -2.28. The summed E-state index contributed by atoms with van der Waals surface area (Å²) in [7, 11) is -3.44. The van der Waals surface area contributed by atoms with Crippen LogP contribution in [-0.4, -0.2) is 24.5 Å². The molecule has 0 aliphatic rings. The number of benzene rings is 3. The summed E-state index contributed by atoms with van der Waals surface area (Å²) >= 11 is 0. The lowest BCUT2D eigenvalue weighted by atomic mass is 9.97. The second kappa shape index (κ2) is 8.51. The molecule has 1 heterocycles. The van der Waals surface area contributed by atoms with Crippen LogP contribution >= 0.6 is 0 Å². The Morgan fingerprint density at radius 1 is 0.906 bits per heavy atom. The molecule has 0 saturated carbocycles. The molecule has 1 atom stereocenters. The number of halogens is 1. The molecule has 0 aliphatic carbocycles. The fourth-order valence-corrected chi connectivity index (χ4v) is 4.29. The minimum Gasteiger partial charge on any atom is -0.267 e. The number of sulfone groups is 1. The number of hydrogen-bond acceptors (Lipinski definition) is 4. The first kappa shape index (κ1) is 21.6. The number of hydrogen-bond donors (Lipinski definition) is 0. The standard InChI is InChI=1S/C25H21FN2O3S/c1-17(18-7-4-3-5-8-18)28-25(29)24(19-11-13-21(26)14-12-19)23(16-27-28)20-9-6-10-22(15-20)32(2,30)31/h3-17H,1-2H3. The van der Waals surface area contributed by atoms with Gasteiger partial charge in [-0.25, -0.2) is 17.5 Å². The van der Waals surface area contributed by atoms with Gasteiger partial charge in [0.05, 0.1) is 22.7 Å². The Hall–Kier alpha value is -3.58. The Balaban J connectivity index is 1.96. The van der Waals surface area contributed by atoms with E-state index in [4.69, 9.17) is 0 Å². The molecule has 0 amide bonds. The topological polar surface area (TPSA) is 69.0 Å². The molecular weight excluding hydrogens is 427 g/mol. The van der Waals surface area contributed by atoms with Crippen molar-refractivity contribution in [2.75, 3.05) is 6.26 Å². The summed E-state index contributed by atoms with van der Waals surface area (Å²) in [6.07, 6.45) is 2.69. The summed E-state index contributed by atoms with van der Waals surface area (Å²) in [5, 5.41) is 4.41. The lowest BCUT2D eigenvalue weighted by molar-refractivity contribution is 0.533. The fraction of sp³-hybridized carbons (Fsp3) is 0.120. The van der Waals surface area contributed by atoms with Crippen LogP contribution in [-0.2, 0) is 9.84 Å². The molecule has 162 valence electrons. The van der Waals surface area contributed by atoms with Gasteiger partial charge in [0.15, 0.2) is 9.84 Å². The molecule has 0 bridgehead atoms. The van der Waals surface area contributed by atoms with E-state index in [9.17, 15) is 17.6 Å². The Kier molecular flexibility index (Phi) is 5.76. The molecule has 4 rings (SSSR count). The summed E-state index contributed by atoms with van der Waals surface area (Å²) in [6, 6.07) is 21.2. The van der Waals surface area contributed by atoms with Gasteiger partial charge in [0.25, 0.3) is 5.56 Å². The minimum absolute atomic E-state index is 0.141. The van der Waals surface area contributed by atoms with Gasteiger partial charge in [-0.1, -0.05) is 54.6 Å². The molecule has 7 heteroatoms. The van der Waals surface area contributed by atoms with Gasteiger partial charge in [-0.15, -0.1) is 0 Å². The van der Waals surface area contributed by atoms with Gasteiger partial charge >= 0.3 is 0 Å². The highest BCUT2D eigenvalue weighted by Gasteiger charge is 2.20. The highest BCUT2D eigenvalue weighted by atomic mass is 32.2. The first-order valence-electron chi connectivity index (χ1n) is 9.99. The lowest BCUT2D eigenvalue weighted by Gasteiger charge is -2.18. The van der Waals surface area contributed by atoms with Gasteiger partial charge in [0.1, 0.15) is 5.82 Å². The number of rotatable bonds is 5. The maximum Gasteiger partial charge on any atom is 0.275 e. The van der Waals surface area contributed by atoms with E-state index in [0.717, 1.165) is 11.8 Å². The second-order valence-electron chi connectivity index (χ2n) is 7.58. The molecule has 0 fully saturated rings. The highest BCUT2D eigenvalue weighted by molar-refractivity contribution is 7.90. The molecule has 0 spiro atoms. The number of nitrogens with zero attached hydrogens (tertiary/aromatic N) is 2. The average Bonchev–Trinajstić information content (AvgIpc) is 2.79. The molecule has 0 N–H and O–H groups in total. The van der Waals surface area contributed by atoms with Crippen LogP contribution in [0.3, 0.4) is 0 Å². The first-order valence-corrected chi connectivity index (χ1v) is 11.9. The maximum absolute atomic E-state index is 13.6. The smallest absolute Gasteiger partial charge is 0.267 e. The van der Waals surface area contributed by atoms with E-state index in [1.807, 2.05) is 37.3 Å². The third-order valence-electron chi connectivity index (χ3n) is 5.36. The monoisotopic (exact) mass is 448 g/mol. The fourth-order valence-electron chi connectivity index (χ4n) is 3.62. The Bertz CT molecular complexity index is 1430. The molecule has 3 aromatic carbocycles. The van der Waals surface area contributed by atoms with Crippen molar-refractivity contribution in [3.63, 3.8) is 0 Å². The highest BCUT2D eigenvalue weighted by Crippen LogP contribution is 2.31. The Morgan fingerprint density at radius 3 is 2.25 bits per heavy atom. The van der Waals surface area contributed by atoms with Gasteiger partial charge in [0.2, 0.25) is 0 Å². The van der Waals surface area contributed by atoms with Crippen LogP contribution in [0.1, 0.15) is 18.5 Å². The van der Waals surface area contributed by atoms with Crippen LogP contribution in [0.25, 0.3) is 22.3 Å². The third-order valence-corrected chi connectivity index (χ3v) is 6.47. The van der Waals surface area contributed by atoms with Crippen LogP contribution < -0.4 is 5.56 Å². The molecular formula is C25H21FN2O3S. The molecule has 5 nitrogen and oxygen atoms in total. The van der Waals surface area contributed by atoms with Gasteiger partial charge in [-0.3, -0.25) is 4.79 Å². The minimum atomic E-state index is -3.44. The maximum atomic E-state index is 13.6. The summed E-state index contributed by atoms with van der Waals surface area (Å²) in [6.45, 7) is 1.88. The van der Waals surface area contributed by atoms with Crippen LogP contribution in [0.15, 0.2) is 94.7 Å².